The van der Waals surface area contributed by atoms with E-state index in [0.717, 1.165) is 11.1 Å². The molecule has 0 aliphatic rings. The molecule has 96 valence electrons. The number of hydrogen-bond acceptors (Lipinski definition) is 3. The first-order chi connectivity index (χ1) is 7.86. The van der Waals surface area contributed by atoms with E-state index in [0.29, 0.717) is 11.5 Å². The van der Waals surface area contributed by atoms with Gasteiger partial charge in [0.05, 0.1) is 11.5 Å². The Morgan fingerprint density at radius 3 is 2.47 bits per heavy atom. The number of sulfonamides is 1. The van der Waals surface area contributed by atoms with Gasteiger partial charge < -0.3 is 4.74 Å². The van der Waals surface area contributed by atoms with Gasteiger partial charge in [-0.15, -0.1) is 0 Å². The third-order valence-electron chi connectivity index (χ3n) is 2.56. The first-order valence-corrected chi connectivity index (χ1v) is 6.93. The number of benzene rings is 1. The molecule has 5 heteroatoms. The Morgan fingerprint density at radius 2 is 1.94 bits per heavy atom. The normalized spacial score (nSPS) is 13.6. The zero-order valence-corrected chi connectivity index (χ0v) is 11.5. The number of methoxy groups -OCH3 is 1. The summed E-state index contributed by atoms with van der Waals surface area (Å²) in [6.07, 6.45) is 0. The summed E-state index contributed by atoms with van der Waals surface area (Å²) in [7, 11) is -1.91. The largest absolute Gasteiger partial charge is 0.383 e. The highest BCUT2D eigenvalue weighted by Gasteiger charge is 2.17. The molecule has 0 aliphatic carbocycles. The van der Waals surface area contributed by atoms with E-state index in [2.05, 4.69) is 4.72 Å². The lowest BCUT2D eigenvalue weighted by Gasteiger charge is -2.14. The molecule has 1 rings (SSSR count). The fourth-order valence-corrected chi connectivity index (χ4v) is 2.81. The minimum atomic E-state index is -3.45. The second-order valence-corrected chi connectivity index (χ2v) is 5.94. The van der Waals surface area contributed by atoms with Crippen molar-refractivity contribution in [2.24, 2.45) is 0 Å². The van der Waals surface area contributed by atoms with Crippen molar-refractivity contribution in [1.29, 1.82) is 0 Å². The third kappa shape index (κ3) is 3.80. The molecule has 0 aliphatic heterocycles. The number of nitrogens with one attached hydrogen (secondary N) is 1. The predicted octanol–water partition coefficient (Wildman–Crippen LogP) is 1.62. The maximum atomic E-state index is 12.0. The van der Waals surface area contributed by atoms with Crippen molar-refractivity contribution < 1.29 is 13.2 Å². The summed E-state index contributed by atoms with van der Waals surface area (Å²) in [6.45, 7) is 5.96. The topological polar surface area (TPSA) is 55.4 Å². The lowest BCUT2D eigenvalue weighted by Crippen LogP contribution is -2.35. The van der Waals surface area contributed by atoms with Gasteiger partial charge >= 0.3 is 0 Å². The van der Waals surface area contributed by atoms with Gasteiger partial charge in [0.25, 0.3) is 0 Å². The molecule has 17 heavy (non-hydrogen) atoms. The maximum Gasteiger partial charge on any atom is 0.240 e. The molecule has 1 N–H and O–H groups in total. The van der Waals surface area contributed by atoms with Crippen LogP contribution in [0.1, 0.15) is 18.1 Å². The number of rotatable bonds is 5. The molecule has 0 saturated heterocycles. The van der Waals surface area contributed by atoms with Gasteiger partial charge in [-0.3, -0.25) is 0 Å². The van der Waals surface area contributed by atoms with Gasteiger partial charge in [0.2, 0.25) is 10.0 Å². The van der Waals surface area contributed by atoms with E-state index in [-0.39, 0.29) is 6.04 Å². The first kappa shape index (κ1) is 14.2. The van der Waals surface area contributed by atoms with E-state index in [1.807, 2.05) is 19.9 Å². The summed E-state index contributed by atoms with van der Waals surface area (Å²) >= 11 is 0. The molecule has 0 bridgehead atoms. The summed E-state index contributed by atoms with van der Waals surface area (Å²) in [4.78, 5) is 0.295. The Balaban J connectivity index is 2.93. The molecule has 1 unspecified atom stereocenters. The molecule has 0 spiro atoms. The Hall–Kier alpha value is -0.910. The summed E-state index contributed by atoms with van der Waals surface area (Å²) in [5, 5.41) is 0. The van der Waals surface area contributed by atoms with E-state index in [9.17, 15) is 8.42 Å². The summed E-state index contributed by atoms with van der Waals surface area (Å²) < 4.78 is 31.5. The Labute approximate surface area is 103 Å². The van der Waals surface area contributed by atoms with Crippen LogP contribution in [-0.2, 0) is 14.8 Å². The van der Waals surface area contributed by atoms with Crippen LogP contribution in [0.3, 0.4) is 0 Å². The molecule has 0 radical (unpaired) electrons. The Bertz CT molecular complexity index is 483. The second kappa shape index (κ2) is 5.62. The maximum absolute atomic E-state index is 12.0. The van der Waals surface area contributed by atoms with Crippen LogP contribution in [0, 0.1) is 13.8 Å². The minimum absolute atomic E-state index is 0.244. The Morgan fingerprint density at radius 1 is 1.29 bits per heavy atom. The van der Waals surface area contributed by atoms with Gasteiger partial charge in [0.1, 0.15) is 0 Å². The van der Waals surface area contributed by atoms with Gasteiger partial charge in [-0.25, -0.2) is 13.1 Å². The predicted molar refractivity (Wildman–Crippen MR) is 67.6 cm³/mol. The monoisotopic (exact) mass is 257 g/mol. The van der Waals surface area contributed by atoms with Crippen LogP contribution in [0.4, 0.5) is 0 Å². The van der Waals surface area contributed by atoms with Crippen molar-refractivity contribution in [3.63, 3.8) is 0 Å². The molecule has 1 aromatic carbocycles. The van der Waals surface area contributed by atoms with Crippen LogP contribution >= 0.6 is 0 Å². The number of aryl methyl sites for hydroxylation is 2. The molecule has 0 fully saturated rings. The number of hydrogen-bond donors (Lipinski definition) is 1. The molecule has 0 amide bonds. The van der Waals surface area contributed by atoms with Crippen molar-refractivity contribution in [1.82, 2.24) is 4.72 Å². The second-order valence-electron chi connectivity index (χ2n) is 4.22. The van der Waals surface area contributed by atoms with Crippen LogP contribution in [-0.4, -0.2) is 28.2 Å². The standard InChI is InChI=1S/C12H19NO3S/c1-9-5-6-12(7-10(9)2)17(14,15)13-11(3)8-16-4/h5-7,11,13H,8H2,1-4H3. The summed E-state index contributed by atoms with van der Waals surface area (Å²) in [5.74, 6) is 0. The van der Waals surface area contributed by atoms with Crippen LogP contribution in [0.15, 0.2) is 23.1 Å². The first-order valence-electron chi connectivity index (χ1n) is 5.45. The average molecular weight is 257 g/mol. The van der Waals surface area contributed by atoms with Gasteiger partial charge in [-0.1, -0.05) is 6.07 Å². The minimum Gasteiger partial charge on any atom is -0.383 e. The number of ether oxygens (including phenoxy) is 1. The Kier molecular flexibility index (Phi) is 4.68. The van der Waals surface area contributed by atoms with Crippen LogP contribution in [0.25, 0.3) is 0 Å². The van der Waals surface area contributed by atoms with Crippen molar-refractivity contribution in [3.05, 3.63) is 29.3 Å². The fourth-order valence-electron chi connectivity index (χ4n) is 1.50. The fraction of sp³-hybridized carbons (Fsp3) is 0.500. The zero-order valence-electron chi connectivity index (χ0n) is 10.6. The van der Waals surface area contributed by atoms with Gasteiger partial charge in [0.15, 0.2) is 0 Å². The molecular formula is C12H19NO3S. The third-order valence-corrected chi connectivity index (χ3v) is 4.15. The highest BCUT2D eigenvalue weighted by molar-refractivity contribution is 7.89. The van der Waals surface area contributed by atoms with E-state index in [4.69, 9.17) is 4.74 Å². The zero-order chi connectivity index (χ0) is 13.1. The quantitative estimate of drug-likeness (QED) is 0.872. The highest BCUT2D eigenvalue weighted by Crippen LogP contribution is 2.14. The van der Waals surface area contributed by atoms with E-state index in [1.165, 1.54) is 0 Å². The smallest absolute Gasteiger partial charge is 0.240 e. The van der Waals surface area contributed by atoms with Crippen molar-refractivity contribution >= 4 is 10.0 Å². The molecule has 0 aromatic heterocycles. The van der Waals surface area contributed by atoms with E-state index < -0.39 is 10.0 Å². The van der Waals surface area contributed by atoms with Gasteiger partial charge in [0, 0.05) is 13.2 Å². The van der Waals surface area contributed by atoms with Crippen molar-refractivity contribution in [3.8, 4) is 0 Å². The summed E-state index contributed by atoms with van der Waals surface area (Å²) in [5.41, 5.74) is 2.04. The molecule has 0 saturated carbocycles. The van der Waals surface area contributed by atoms with Gasteiger partial charge in [-0.05, 0) is 44.0 Å². The average Bonchev–Trinajstić information content (AvgIpc) is 2.21. The lowest BCUT2D eigenvalue weighted by atomic mass is 10.1. The van der Waals surface area contributed by atoms with Gasteiger partial charge in [-0.2, -0.15) is 0 Å². The molecule has 4 nitrogen and oxygen atoms in total. The van der Waals surface area contributed by atoms with Crippen LogP contribution < -0.4 is 4.72 Å². The van der Waals surface area contributed by atoms with Crippen molar-refractivity contribution in [2.45, 2.75) is 31.7 Å². The lowest BCUT2D eigenvalue weighted by molar-refractivity contribution is 0.180. The molecular weight excluding hydrogens is 238 g/mol. The molecule has 0 heterocycles. The SMILES string of the molecule is COCC(C)NS(=O)(=O)c1ccc(C)c(C)c1. The summed E-state index contributed by atoms with van der Waals surface area (Å²) in [6, 6.07) is 4.86. The van der Waals surface area contributed by atoms with Crippen LogP contribution in [0.5, 0.6) is 0 Å². The highest BCUT2D eigenvalue weighted by atomic mass is 32.2. The van der Waals surface area contributed by atoms with E-state index >= 15 is 0 Å². The van der Waals surface area contributed by atoms with E-state index in [1.54, 1.807) is 26.2 Å². The molecule has 1 atom stereocenters. The van der Waals surface area contributed by atoms with Crippen molar-refractivity contribution in [2.75, 3.05) is 13.7 Å². The van der Waals surface area contributed by atoms with Crippen LogP contribution in [0.2, 0.25) is 0 Å². The molecule has 1 aromatic rings.